The first-order valence-corrected chi connectivity index (χ1v) is 4.83. The molecule has 0 heterocycles. The lowest BCUT2D eigenvalue weighted by molar-refractivity contribution is 0.475. The van der Waals surface area contributed by atoms with E-state index in [-0.39, 0.29) is 0 Å². The lowest BCUT2D eigenvalue weighted by atomic mass is 10.2. The van der Waals surface area contributed by atoms with Gasteiger partial charge in [0.15, 0.2) is 0 Å². The molecule has 0 spiro atoms. The molecular formula is C14H12O2. The molecule has 0 aliphatic rings. The van der Waals surface area contributed by atoms with Gasteiger partial charge in [-0.1, -0.05) is 48.5 Å². The van der Waals surface area contributed by atoms with Crippen molar-refractivity contribution in [1.29, 1.82) is 0 Å². The van der Waals surface area contributed by atoms with Crippen LogP contribution in [0.1, 0.15) is 5.56 Å². The van der Waals surface area contributed by atoms with Crippen LogP contribution in [-0.4, -0.2) is 11.0 Å². The van der Waals surface area contributed by atoms with E-state index >= 15 is 0 Å². The second-order valence-corrected chi connectivity index (χ2v) is 3.01. The molecule has 2 nitrogen and oxygen atoms in total. The zero-order valence-electron chi connectivity index (χ0n) is 8.71. The molecule has 0 amide bonds. The molecule has 0 radical (unpaired) electrons. The number of hydrogen-bond acceptors (Lipinski definition) is 2. The van der Waals surface area contributed by atoms with Gasteiger partial charge in [-0.15, -0.1) is 0 Å². The smallest absolute Gasteiger partial charge is 0.125 e. The summed E-state index contributed by atoms with van der Waals surface area (Å²) in [5, 5.41) is 8.63. The molecule has 0 saturated heterocycles. The summed E-state index contributed by atoms with van der Waals surface area (Å²) in [4.78, 5) is 9.79. The Morgan fingerprint density at radius 1 is 0.875 bits per heavy atom. The lowest BCUT2D eigenvalue weighted by Crippen LogP contribution is -1.66. The summed E-state index contributed by atoms with van der Waals surface area (Å²) < 4.78 is 0. The molecule has 0 saturated carbocycles. The van der Waals surface area contributed by atoms with Crippen molar-refractivity contribution in [2.24, 2.45) is 0 Å². The molecule has 2 heteroatoms. The fourth-order valence-electron chi connectivity index (χ4n) is 1.05. The van der Waals surface area contributed by atoms with E-state index in [1.807, 2.05) is 36.4 Å². The summed E-state index contributed by atoms with van der Waals surface area (Å²) in [5.74, 6) is 2.03. The Hall–Kier alpha value is -2.31. The van der Waals surface area contributed by atoms with E-state index in [1.54, 1.807) is 30.2 Å². The third-order valence-corrected chi connectivity index (χ3v) is 1.78. The van der Waals surface area contributed by atoms with E-state index in [1.165, 1.54) is 6.08 Å². The monoisotopic (exact) mass is 212 g/mol. The molecule has 0 fully saturated rings. The van der Waals surface area contributed by atoms with Gasteiger partial charge in [-0.25, -0.2) is 4.79 Å². The first kappa shape index (κ1) is 11.8. The fourth-order valence-corrected chi connectivity index (χ4v) is 1.05. The Bertz CT molecular complexity index is 443. The van der Waals surface area contributed by atoms with Crippen LogP contribution in [0.2, 0.25) is 0 Å². The molecule has 2 aromatic rings. The Morgan fingerprint density at radius 3 is 1.75 bits per heavy atom. The summed E-state index contributed by atoms with van der Waals surface area (Å²) in [6, 6.07) is 18.1. The molecule has 80 valence electrons. The number of carbonyl (C=O) groups excluding carboxylic acids is 1. The van der Waals surface area contributed by atoms with Gasteiger partial charge >= 0.3 is 0 Å². The highest BCUT2D eigenvalue weighted by Crippen LogP contribution is 2.02. The maximum Gasteiger partial charge on any atom is 0.125 e. The molecule has 0 unspecified atom stereocenters. The normalized spacial score (nSPS) is 8.25. The maximum absolute atomic E-state index is 9.79. The molecule has 2 rings (SSSR count). The first-order valence-electron chi connectivity index (χ1n) is 4.83. The molecule has 0 aliphatic carbocycles. The van der Waals surface area contributed by atoms with E-state index in [0.29, 0.717) is 5.75 Å². The predicted octanol–water partition coefficient (Wildman–Crippen LogP) is 2.92. The number of benzene rings is 2. The first-order chi connectivity index (χ1) is 7.83. The van der Waals surface area contributed by atoms with Crippen molar-refractivity contribution < 1.29 is 9.90 Å². The van der Waals surface area contributed by atoms with Gasteiger partial charge in [0.1, 0.15) is 11.7 Å². The Labute approximate surface area is 94.5 Å². The van der Waals surface area contributed by atoms with Crippen molar-refractivity contribution in [3.05, 3.63) is 66.2 Å². The van der Waals surface area contributed by atoms with Crippen LogP contribution in [-0.2, 0) is 4.79 Å². The highest BCUT2D eigenvalue weighted by atomic mass is 16.3. The topological polar surface area (TPSA) is 37.3 Å². The quantitative estimate of drug-likeness (QED) is 0.738. The standard InChI is InChI=1S/C8H6O.C6H6O/c9-7-6-8-4-2-1-3-5-8;7-6-4-2-1-3-5-6/h1-6H;1-5,7H. The van der Waals surface area contributed by atoms with Gasteiger partial charge in [0, 0.05) is 6.08 Å². The van der Waals surface area contributed by atoms with E-state index in [0.717, 1.165) is 5.56 Å². The molecular weight excluding hydrogens is 200 g/mol. The predicted molar refractivity (Wildman–Crippen MR) is 64.7 cm³/mol. The summed E-state index contributed by atoms with van der Waals surface area (Å²) in [6.45, 7) is 0. The third kappa shape index (κ3) is 4.80. The lowest BCUT2D eigenvalue weighted by Gasteiger charge is -1.83. The average molecular weight is 212 g/mol. The largest absolute Gasteiger partial charge is 0.508 e. The van der Waals surface area contributed by atoms with Crippen LogP contribution < -0.4 is 0 Å². The molecule has 0 aliphatic heterocycles. The van der Waals surface area contributed by atoms with Crippen molar-refractivity contribution in [3.8, 4) is 5.75 Å². The van der Waals surface area contributed by atoms with Crippen LogP contribution in [0.25, 0.3) is 6.08 Å². The van der Waals surface area contributed by atoms with Gasteiger partial charge in [-0.05, 0) is 17.7 Å². The maximum atomic E-state index is 9.79. The minimum Gasteiger partial charge on any atom is -0.508 e. The van der Waals surface area contributed by atoms with Crippen LogP contribution in [0.15, 0.2) is 60.7 Å². The van der Waals surface area contributed by atoms with Crippen molar-refractivity contribution in [2.75, 3.05) is 0 Å². The third-order valence-electron chi connectivity index (χ3n) is 1.78. The SMILES string of the molecule is O=C=Cc1ccccc1.Oc1ccccc1. The number of phenolic OH excluding ortho intramolecular Hbond substituents is 1. The number of rotatable bonds is 1. The minimum absolute atomic E-state index is 0.322. The Morgan fingerprint density at radius 2 is 1.38 bits per heavy atom. The minimum atomic E-state index is 0.322. The van der Waals surface area contributed by atoms with Crippen molar-refractivity contribution in [1.82, 2.24) is 0 Å². The second kappa shape index (κ2) is 7.04. The molecule has 2 aromatic carbocycles. The van der Waals surface area contributed by atoms with Crippen LogP contribution >= 0.6 is 0 Å². The number of para-hydroxylation sites is 1. The van der Waals surface area contributed by atoms with Crippen molar-refractivity contribution in [2.45, 2.75) is 0 Å². The summed E-state index contributed by atoms with van der Waals surface area (Å²) >= 11 is 0. The van der Waals surface area contributed by atoms with Crippen LogP contribution in [0, 0.1) is 0 Å². The van der Waals surface area contributed by atoms with Gasteiger partial charge in [-0.3, -0.25) is 0 Å². The zero-order valence-corrected chi connectivity index (χ0v) is 8.71. The van der Waals surface area contributed by atoms with E-state index in [2.05, 4.69) is 0 Å². The van der Waals surface area contributed by atoms with Gasteiger partial charge in [0.2, 0.25) is 0 Å². The Kier molecular flexibility index (Phi) is 5.18. The van der Waals surface area contributed by atoms with E-state index < -0.39 is 0 Å². The molecule has 1 N–H and O–H groups in total. The van der Waals surface area contributed by atoms with E-state index in [9.17, 15) is 4.79 Å². The molecule has 16 heavy (non-hydrogen) atoms. The highest BCUT2D eigenvalue weighted by Gasteiger charge is 1.79. The van der Waals surface area contributed by atoms with Crippen molar-refractivity contribution >= 4 is 12.0 Å². The van der Waals surface area contributed by atoms with Gasteiger partial charge in [0.25, 0.3) is 0 Å². The highest BCUT2D eigenvalue weighted by molar-refractivity contribution is 5.74. The van der Waals surface area contributed by atoms with Gasteiger partial charge in [0.05, 0.1) is 0 Å². The van der Waals surface area contributed by atoms with Crippen molar-refractivity contribution in [3.63, 3.8) is 0 Å². The van der Waals surface area contributed by atoms with Crippen LogP contribution in [0.4, 0.5) is 0 Å². The molecule has 0 atom stereocenters. The Balaban J connectivity index is 0.000000165. The summed E-state index contributed by atoms with van der Waals surface area (Å²) in [6.07, 6.45) is 1.40. The number of aromatic hydroxyl groups is 1. The zero-order chi connectivity index (χ0) is 11.6. The fraction of sp³-hybridized carbons (Fsp3) is 0. The van der Waals surface area contributed by atoms with E-state index in [4.69, 9.17) is 5.11 Å². The summed E-state index contributed by atoms with van der Waals surface area (Å²) in [7, 11) is 0. The number of phenols is 1. The van der Waals surface area contributed by atoms with Gasteiger partial charge in [-0.2, -0.15) is 0 Å². The average Bonchev–Trinajstić information content (AvgIpc) is 2.33. The number of hydrogen-bond donors (Lipinski definition) is 1. The molecule has 0 bridgehead atoms. The second-order valence-electron chi connectivity index (χ2n) is 3.01. The van der Waals surface area contributed by atoms with Gasteiger partial charge < -0.3 is 5.11 Å². The summed E-state index contributed by atoms with van der Waals surface area (Å²) in [5.41, 5.74) is 0.896. The van der Waals surface area contributed by atoms with Crippen LogP contribution in [0.3, 0.4) is 0 Å². The van der Waals surface area contributed by atoms with Crippen LogP contribution in [0.5, 0.6) is 5.75 Å². The molecule has 0 aromatic heterocycles.